The number of thiophene rings is 1. The number of hydrogen-bond acceptors (Lipinski definition) is 6. The zero-order chi connectivity index (χ0) is 9.54. The van der Waals surface area contributed by atoms with Crippen LogP contribution in [0.1, 0.15) is 0 Å². The first kappa shape index (κ1) is 7.95. The average molecular weight is 224 g/mol. The van der Waals surface area contributed by atoms with E-state index in [2.05, 4.69) is 25.4 Å². The molecule has 0 spiro atoms. The fraction of sp³-hybridized carbons (Fsp3) is 0. The van der Waals surface area contributed by atoms with Gasteiger partial charge >= 0.3 is 0 Å². The molecule has 0 saturated carbocycles. The first-order chi connectivity index (χ1) is 6.86. The Morgan fingerprint density at radius 1 is 1.07 bits per heavy atom. The zero-order valence-electron chi connectivity index (χ0n) is 6.68. The van der Waals surface area contributed by atoms with Gasteiger partial charge in [-0.3, -0.25) is 0 Å². The summed E-state index contributed by atoms with van der Waals surface area (Å²) >= 11 is 7.29. The number of hydrogen-bond donors (Lipinski definition) is 0. The van der Waals surface area contributed by atoms with Crippen LogP contribution in [0.25, 0.3) is 20.6 Å². The molecule has 0 aromatic carbocycles. The van der Waals surface area contributed by atoms with Gasteiger partial charge in [-0.15, -0.1) is 21.5 Å². The van der Waals surface area contributed by atoms with Gasteiger partial charge in [0.2, 0.25) is 0 Å². The van der Waals surface area contributed by atoms with Crippen molar-refractivity contribution in [1.82, 2.24) is 25.4 Å². The van der Waals surface area contributed by atoms with Crippen molar-refractivity contribution in [2.24, 2.45) is 0 Å². The molecule has 0 amide bonds. The van der Waals surface area contributed by atoms with Gasteiger partial charge in [-0.2, -0.15) is 0 Å². The molecule has 0 fully saturated rings. The zero-order valence-corrected chi connectivity index (χ0v) is 8.25. The van der Waals surface area contributed by atoms with E-state index in [1.165, 1.54) is 11.3 Å². The van der Waals surface area contributed by atoms with E-state index in [4.69, 9.17) is 11.6 Å². The SMILES string of the molecule is Clc1nnnc2c1sc1nccnc12. The van der Waals surface area contributed by atoms with E-state index in [1.54, 1.807) is 12.4 Å². The van der Waals surface area contributed by atoms with Crippen LogP contribution in [0.5, 0.6) is 0 Å². The lowest BCUT2D eigenvalue weighted by atomic mass is 10.4. The molecule has 0 radical (unpaired) electrons. The van der Waals surface area contributed by atoms with Crippen molar-refractivity contribution in [1.29, 1.82) is 0 Å². The average Bonchev–Trinajstić information content (AvgIpc) is 2.59. The molecule has 0 aliphatic rings. The highest BCUT2D eigenvalue weighted by Crippen LogP contribution is 2.32. The number of aromatic nitrogens is 5. The lowest BCUT2D eigenvalue weighted by Crippen LogP contribution is -1.86. The first-order valence-electron chi connectivity index (χ1n) is 3.74. The highest BCUT2D eigenvalue weighted by Gasteiger charge is 2.11. The summed E-state index contributed by atoms with van der Waals surface area (Å²) in [5.41, 5.74) is 1.39. The molecule has 3 aromatic rings. The third-order valence-electron chi connectivity index (χ3n) is 1.77. The standard InChI is InChI=1S/C7H2ClN5S/c8-6-5-3(11-13-12-6)4-7(14-5)10-2-1-9-4/h1-2H. The molecule has 0 aliphatic carbocycles. The predicted octanol–water partition coefficient (Wildman–Crippen LogP) is 1.68. The lowest BCUT2D eigenvalue weighted by molar-refractivity contribution is 0.899. The molecule has 68 valence electrons. The Morgan fingerprint density at radius 3 is 2.86 bits per heavy atom. The molecular weight excluding hydrogens is 222 g/mol. The number of rotatable bonds is 0. The van der Waals surface area contributed by atoms with Crippen molar-refractivity contribution in [2.75, 3.05) is 0 Å². The molecule has 0 N–H and O–H groups in total. The maximum absolute atomic E-state index is 5.87. The number of nitrogens with zero attached hydrogens (tertiary/aromatic N) is 5. The summed E-state index contributed by atoms with van der Waals surface area (Å²) in [5.74, 6) is 0. The van der Waals surface area contributed by atoms with Crippen LogP contribution in [0.3, 0.4) is 0 Å². The van der Waals surface area contributed by atoms with Gasteiger partial charge in [-0.1, -0.05) is 11.6 Å². The molecule has 3 heterocycles. The fourth-order valence-corrected chi connectivity index (χ4v) is 2.35. The predicted molar refractivity (Wildman–Crippen MR) is 53.3 cm³/mol. The summed E-state index contributed by atoms with van der Waals surface area (Å²) in [6.07, 6.45) is 3.25. The van der Waals surface area contributed by atoms with E-state index >= 15 is 0 Å². The Bertz CT molecular complexity index is 622. The third-order valence-corrected chi connectivity index (χ3v) is 3.23. The third kappa shape index (κ3) is 0.978. The van der Waals surface area contributed by atoms with Gasteiger partial charge in [0.05, 0.1) is 4.70 Å². The molecule has 7 heteroatoms. The first-order valence-corrected chi connectivity index (χ1v) is 4.94. The Hall–Kier alpha value is -1.40. The van der Waals surface area contributed by atoms with E-state index in [0.29, 0.717) is 10.7 Å². The summed E-state index contributed by atoms with van der Waals surface area (Å²) in [6, 6.07) is 0. The van der Waals surface area contributed by atoms with Gasteiger partial charge in [-0.25, -0.2) is 9.97 Å². The van der Waals surface area contributed by atoms with Gasteiger partial charge in [0, 0.05) is 12.4 Å². The fourth-order valence-electron chi connectivity index (χ4n) is 1.20. The Balaban J connectivity index is 2.63. The molecular formula is C7H2ClN5S. The van der Waals surface area contributed by atoms with Crippen LogP contribution in [0.15, 0.2) is 12.4 Å². The topological polar surface area (TPSA) is 64.5 Å². The van der Waals surface area contributed by atoms with E-state index in [0.717, 1.165) is 15.0 Å². The molecule has 3 aromatic heterocycles. The summed E-state index contributed by atoms with van der Waals surface area (Å²) in [7, 11) is 0. The van der Waals surface area contributed by atoms with Crippen LogP contribution in [0.4, 0.5) is 0 Å². The van der Waals surface area contributed by atoms with E-state index in [9.17, 15) is 0 Å². The second-order valence-electron chi connectivity index (χ2n) is 2.57. The van der Waals surface area contributed by atoms with E-state index < -0.39 is 0 Å². The quantitative estimate of drug-likeness (QED) is 0.580. The van der Waals surface area contributed by atoms with Crippen LogP contribution in [0.2, 0.25) is 5.15 Å². The van der Waals surface area contributed by atoms with Crippen molar-refractivity contribution in [3.63, 3.8) is 0 Å². The van der Waals surface area contributed by atoms with Gasteiger partial charge < -0.3 is 0 Å². The van der Waals surface area contributed by atoms with Crippen molar-refractivity contribution >= 4 is 43.5 Å². The minimum atomic E-state index is 0.347. The molecule has 0 aliphatic heterocycles. The maximum atomic E-state index is 5.87. The van der Waals surface area contributed by atoms with Crippen LogP contribution in [0, 0.1) is 0 Å². The molecule has 3 rings (SSSR count). The van der Waals surface area contributed by atoms with Crippen LogP contribution in [-0.4, -0.2) is 25.4 Å². The Kier molecular flexibility index (Phi) is 1.59. The van der Waals surface area contributed by atoms with Crippen LogP contribution >= 0.6 is 22.9 Å². The van der Waals surface area contributed by atoms with Crippen LogP contribution < -0.4 is 0 Å². The van der Waals surface area contributed by atoms with Gasteiger partial charge in [0.15, 0.2) is 5.15 Å². The maximum Gasteiger partial charge on any atom is 0.173 e. The molecule has 5 nitrogen and oxygen atoms in total. The Morgan fingerprint density at radius 2 is 1.93 bits per heavy atom. The van der Waals surface area contributed by atoms with Crippen molar-refractivity contribution < 1.29 is 0 Å². The summed E-state index contributed by atoms with van der Waals surface area (Å²) in [4.78, 5) is 9.13. The van der Waals surface area contributed by atoms with E-state index in [-0.39, 0.29) is 0 Å². The molecule has 0 atom stereocenters. The van der Waals surface area contributed by atoms with Crippen molar-refractivity contribution in [3.05, 3.63) is 17.5 Å². The minimum Gasteiger partial charge on any atom is -0.250 e. The van der Waals surface area contributed by atoms with Crippen molar-refractivity contribution in [2.45, 2.75) is 0 Å². The molecule has 0 unspecified atom stereocenters. The van der Waals surface area contributed by atoms with Crippen LogP contribution in [-0.2, 0) is 0 Å². The summed E-state index contributed by atoms with van der Waals surface area (Å²) in [6.45, 7) is 0. The minimum absolute atomic E-state index is 0.347. The molecule has 0 bridgehead atoms. The van der Waals surface area contributed by atoms with Gasteiger partial charge in [-0.05, 0) is 5.21 Å². The van der Waals surface area contributed by atoms with E-state index in [1.807, 2.05) is 0 Å². The second-order valence-corrected chi connectivity index (χ2v) is 3.93. The smallest absolute Gasteiger partial charge is 0.173 e. The van der Waals surface area contributed by atoms with Gasteiger partial charge in [0.1, 0.15) is 15.9 Å². The lowest BCUT2D eigenvalue weighted by Gasteiger charge is -1.87. The molecule has 14 heavy (non-hydrogen) atoms. The normalized spacial score (nSPS) is 11.2. The highest BCUT2D eigenvalue weighted by atomic mass is 35.5. The summed E-state index contributed by atoms with van der Waals surface area (Å²) in [5, 5.41) is 11.4. The second kappa shape index (κ2) is 2.79. The highest BCUT2D eigenvalue weighted by molar-refractivity contribution is 7.25. The number of halogens is 1. The van der Waals surface area contributed by atoms with Gasteiger partial charge in [0.25, 0.3) is 0 Å². The summed E-state index contributed by atoms with van der Waals surface area (Å²) < 4.78 is 0.780. The monoisotopic (exact) mass is 223 g/mol. The number of fused-ring (bicyclic) bond motifs is 3. The Labute approximate surface area is 86.8 Å². The molecule has 0 saturated heterocycles. The van der Waals surface area contributed by atoms with Crippen molar-refractivity contribution in [3.8, 4) is 0 Å². The largest absolute Gasteiger partial charge is 0.250 e.